The number of rotatable bonds is 4. The van der Waals surface area contributed by atoms with Crippen LogP contribution in [0.25, 0.3) is 17.0 Å². The lowest BCUT2D eigenvalue weighted by molar-refractivity contribution is 0.101. The summed E-state index contributed by atoms with van der Waals surface area (Å²) < 4.78 is 5.47. The molecule has 3 rings (SSSR count). The normalized spacial score (nSPS) is 13.0. The van der Waals surface area contributed by atoms with E-state index < -0.39 is 0 Å². The van der Waals surface area contributed by atoms with Gasteiger partial charge in [-0.2, -0.15) is 0 Å². The number of allylic oxidation sites excluding steroid dienone is 1. The van der Waals surface area contributed by atoms with E-state index >= 15 is 0 Å². The Kier molecular flexibility index (Phi) is 3.16. The van der Waals surface area contributed by atoms with Gasteiger partial charge in [0.25, 0.3) is 0 Å². The summed E-state index contributed by atoms with van der Waals surface area (Å²) in [4.78, 5) is 16.5. The van der Waals surface area contributed by atoms with E-state index in [4.69, 9.17) is 9.25 Å². The van der Waals surface area contributed by atoms with Crippen molar-refractivity contribution in [3.05, 3.63) is 53.3 Å². The van der Waals surface area contributed by atoms with E-state index in [1.807, 2.05) is 12.1 Å². The molecule has 0 bridgehead atoms. The number of ketones is 1. The third kappa shape index (κ3) is 2.04. The number of hydroxylamine groups is 1. The summed E-state index contributed by atoms with van der Waals surface area (Å²) in [6.07, 6.45) is 4.46. The van der Waals surface area contributed by atoms with Gasteiger partial charge in [0, 0.05) is 11.1 Å². The minimum atomic E-state index is 0.00844. The Morgan fingerprint density at radius 3 is 2.95 bits per heavy atom. The summed E-state index contributed by atoms with van der Waals surface area (Å²) in [5.41, 5.74) is 7.68. The van der Waals surface area contributed by atoms with Crippen LogP contribution in [0.5, 0.6) is 0 Å². The minimum Gasteiger partial charge on any atom is -0.464 e. The first-order valence-electron chi connectivity index (χ1n) is 6.42. The Morgan fingerprint density at radius 2 is 2.20 bits per heavy atom. The zero-order valence-electron chi connectivity index (χ0n) is 11.4. The Morgan fingerprint density at radius 1 is 1.35 bits per heavy atom. The fourth-order valence-electron chi connectivity index (χ4n) is 2.51. The molecule has 0 atom stereocenters. The van der Waals surface area contributed by atoms with Crippen molar-refractivity contribution >= 4 is 11.5 Å². The number of fused-ring (bicyclic) bond motifs is 1. The van der Waals surface area contributed by atoms with Gasteiger partial charge in [0.1, 0.15) is 5.76 Å². The summed E-state index contributed by atoms with van der Waals surface area (Å²) >= 11 is 0. The smallest absolute Gasteiger partial charge is 0.163 e. The minimum absolute atomic E-state index is 0.00844. The largest absolute Gasteiger partial charge is 0.464 e. The fraction of sp³-hybridized carbons (Fsp3) is 0.188. The van der Waals surface area contributed by atoms with Crippen molar-refractivity contribution in [1.29, 1.82) is 0 Å². The Labute approximate surface area is 117 Å². The van der Waals surface area contributed by atoms with E-state index in [0.29, 0.717) is 11.3 Å². The van der Waals surface area contributed by atoms with Gasteiger partial charge in [-0.05, 0) is 31.0 Å². The predicted octanol–water partition coefficient (Wildman–Crippen LogP) is 3.20. The standard InChI is InChI=1S/C16H15NO3/c1-10(18)13-7-8-20-16(13)12-3-5-14-11(9-12)4-6-15(14)17-19-2/h3,5-9,17H,4H2,1-2H3. The third-order valence-corrected chi connectivity index (χ3v) is 3.44. The summed E-state index contributed by atoms with van der Waals surface area (Å²) in [7, 11) is 1.59. The van der Waals surface area contributed by atoms with Crippen molar-refractivity contribution in [3.63, 3.8) is 0 Å². The highest BCUT2D eigenvalue weighted by Crippen LogP contribution is 2.32. The molecule has 1 aliphatic rings. The van der Waals surface area contributed by atoms with Crippen LogP contribution in [0.2, 0.25) is 0 Å². The zero-order chi connectivity index (χ0) is 14.1. The molecule has 1 aromatic carbocycles. The number of carbonyl (C=O) groups excluding carboxylic acids is 1. The van der Waals surface area contributed by atoms with E-state index in [1.165, 1.54) is 5.56 Å². The molecular weight excluding hydrogens is 254 g/mol. The molecule has 0 aliphatic heterocycles. The van der Waals surface area contributed by atoms with Crippen LogP contribution >= 0.6 is 0 Å². The molecule has 0 saturated carbocycles. The molecule has 0 amide bonds. The molecule has 102 valence electrons. The molecule has 0 saturated heterocycles. The van der Waals surface area contributed by atoms with Gasteiger partial charge >= 0.3 is 0 Å². The van der Waals surface area contributed by atoms with Gasteiger partial charge in [0.2, 0.25) is 0 Å². The van der Waals surface area contributed by atoms with Crippen molar-refractivity contribution in [2.75, 3.05) is 7.11 Å². The highest BCUT2D eigenvalue weighted by atomic mass is 16.6. The number of nitrogens with one attached hydrogen (secondary N) is 1. The lowest BCUT2D eigenvalue weighted by atomic mass is 10.0. The molecule has 0 spiro atoms. The third-order valence-electron chi connectivity index (χ3n) is 3.44. The van der Waals surface area contributed by atoms with Crippen LogP contribution in [0.15, 0.2) is 41.0 Å². The van der Waals surface area contributed by atoms with Crippen LogP contribution in [-0.4, -0.2) is 12.9 Å². The molecule has 4 heteroatoms. The van der Waals surface area contributed by atoms with Gasteiger partial charge in [0.15, 0.2) is 5.78 Å². The molecular formula is C16H15NO3. The maximum atomic E-state index is 11.6. The van der Waals surface area contributed by atoms with Crippen LogP contribution in [0.1, 0.15) is 28.4 Å². The monoisotopic (exact) mass is 269 g/mol. The summed E-state index contributed by atoms with van der Waals surface area (Å²) in [6.45, 7) is 1.55. The van der Waals surface area contributed by atoms with E-state index in [0.717, 1.165) is 23.2 Å². The Hall–Kier alpha value is -2.33. The van der Waals surface area contributed by atoms with E-state index in [1.54, 1.807) is 26.4 Å². The fourth-order valence-corrected chi connectivity index (χ4v) is 2.51. The first-order valence-corrected chi connectivity index (χ1v) is 6.42. The number of hydrogen-bond donors (Lipinski definition) is 1. The second-order valence-electron chi connectivity index (χ2n) is 4.72. The number of hydrogen-bond acceptors (Lipinski definition) is 4. The van der Waals surface area contributed by atoms with Crippen LogP contribution in [0, 0.1) is 0 Å². The molecule has 1 heterocycles. The quantitative estimate of drug-likeness (QED) is 0.684. The summed E-state index contributed by atoms with van der Waals surface area (Å²) in [5, 5.41) is 0. The molecule has 4 nitrogen and oxygen atoms in total. The zero-order valence-corrected chi connectivity index (χ0v) is 11.4. The van der Waals surface area contributed by atoms with Gasteiger partial charge < -0.3 is 4.42 Å². The first-order chi connectivity index (χ1) is 9.70. The maximum Gasteiger partial charge on any atom is 0.163 e. The van der Waals surface area contributed by atoms with Crippen LogP contribution < -0.4 is 5.48 Å². The molecule has 1 N–H and O–H groups in total. The van der Waals surface area contributed by atoms with Crippen molar-refractivity contribution < 1.29 is 14.0 Å². The highest BCUT2D eigenvalue weighted by Gasteiger charge is 2.18. The van der Waals surface area contributed by atoms with E-state index in [-0.39, 0.29) is 5.78 Å². The summed E-state index contributed by atoms with van der Waals surface area (Å²) in [6, 6.07) is 7.74. The van der Waals surface area contributed by atoms with Gasteiger partial charge in [-0.15, -0.1) is 0 Å². The second-order valence-corrected chi connectivity index (χ2v) is 4.72. The Bertz CT molecular complexity index is 697. The molecule has 1 aromatic heterocycles. The van der Waals surface area contributed by atoms with Gasteiger partial charge in [0.05, 0.1) is 24.6 Å². The van der Waals surface area contributed by atoms with Crippen molar-refractivity contribution in [2.45, 2.75) is 13.3 Å². The lowest BCUT2D eigenvalue weighted by Crippen LogP contribution is -2.08. The van der Waals surface area contributed by atoms with Gasteiger partial charge in [-0.25, -0.2) is 0 Å². The number of carbonyl (C=O) groups is 1. The van der Waals surface area contributed by atoms with Gasteiger partial charge in [-0.3, -0.25) is 15.1 Å². The van der Waals surface area contributed by atoms with Crippen molar-refractivity contribution in [3.8, 4) is 11.3 Å². The molecule has 0 unspecified atom stereocenters. The number of furan rings is 1. The van der Waals surface area contributed by atoms with Crippen LogP contribution in [-0.2, 0) is 11.3 Å². The van der Waals surface area contributed by atoms with Crippen molar-refractivity contribution in [2.24, 2.45) is 0 Å². The average molecular weight is 269 g/mol. The number of benzene rings is 1. The molecule has 2 aromatic rings. The van der Waals surface area contributed by atoms with Crippen molar-refractivity contribution in [1.82, 2.24) is 5.48 Å². The lowest BCUT2D eigenvalue weighted by Gasteiger charge is -2.08. The highest BCUT2D eigenvalue weighted by molar-refractivity contribution is 5.99. The predicted molar refractivity (Wildman–Crippen MR) is 76.0 cm³/mol. The average Bonchev–Trinajstić information content (AvgIpc) is 3.05. The molecule has 0 fully saturated rings. The maximum absolute atomic E-state index is 11.6. The van der Waals surface area contributed by atoms with Gasteiger partial charge in [-0.1, -0.05) is 18.2 Å². The van der Waals surface area contributed by atoms with Crippen LogP contribution in [0.3, 0.4) is 0 Å². The molecule has 20 heavy (non-hydrogen) atoms. The molecule has 0 radical (unpaired) electrons. The SMILES string of the molecule is CONC1=CCc2cc(-c3occc3C(C)=O)ccc21. The topological polar surface area (TPSA) is 51.5 Å². The number of Topliss-reactive ketones (excluding diaryl/α,β-unsaturated/α-hetero) is 1. The Balaban J connectivity index is 1.99. The summed E-state index contributed by atoms with van der Waals surface area (Å²) in [5.74, 6) is 0.641. The van der Waals surface area contributed by atoms with E-state index in [9.17, 15) is 4.79 Å². The first kappa shape index (κ1) is 12.7. The second kappa shape index (κ2) is 4.98. The molecule has 1 aliphatic carbocycles. The van der Waals surface area contributed by atoms with Crippen LogP contribution in [0.4, 0.5) is 0 Å². The van der Waals surface area contributed by atoms with E-state index in [2.05, 4.69) is 17.6 Å².